The minimum Gasteiger partial charge on any atom is -0.480 e. The van der Waals surface area contributed by atoms with Crippen LogP contribution in [-0.4, -0.2) is 59.4 Å². The van der Waals surface area contributed by atoms with Crippen LogP contribution in [0.25, 0.3) is 0 Å². The molecule has 0 spiro atoms. The van der Waals surface area contributed by atoms with Gasteiger partial charge in [-0.05, 0) is 87.8 Å². The largest absolute Gasteiger partial charge is 0.480 e. The van der Waals surface area contributed by atoms with Crippen LogP contribution < -0.4 is 5.32 Å². The van der Waals surface area contributed by atoms with Crippen molar-refractivity contribution in [1.82, 2.24) is 9.88 Å². The molecule has 2 aliphatic rings. The Morgan fingerprint density at radius 1 is 1.28 bits per heavy atom. The Bertz CT molecular complexity index is 1030. The highest BCUT2D eigenvalue weighted by Gasteiger charge is 2.35. The first-order chi connectivity index (χ1) is 17.4. The van der Waals surface area contributed by atoms with Crippen molar-refractivity contribution in [2.45, 2.75) is 77.2 Å². The number of rotatable bonds is 12. The molecule has 1 aromatic heterocycles. The number of nitrogens with zero attached hydrogens (tertiary/aromatic N) is 2. The molecule has 4 rings (SSSR count). The molecule has 196 valence electrons. The van der Waals surface area contributed by atoms with E-state index in [4.69, 9.17) is 14.5 Å². The van der Waals surface area contributed by atoms with E-state index in [9.17, 15) is 14.3 Å². The molecular formula is C28H38FN3O4. The number of aryl methyl sites for hydroxylation is 2. The molecule has 1 unspecified atom stereocenters. The van der Waals surface area contributed by atoms with Crippen LogP contribution >= 0.6 is 0 Å². The predicted octanol–water partition coefficient (Wildman–Crippen LogP) is 4.74. The lowest BCUT2D eigenvalue weighted by Crippen LogP contribution is -2.34. The summed E-state index contributed by atoms with van der Waals surface area (Å²) >= 11 is 0. The van der Waals surface area contributed by atoms with Crippen LogP contribution in [0.4, 0.5) is 10.1 Å². The number of carbonyl (C=O) groups is 1. The number of ether oxygens (including phenoxy) is 2. The Morgan fingerprint density at radius 2 is 2.14 bits per heavy atom. The van der Waals surface area contributed by atoms with E-state index in [1.807, 2.05) is 18.7 Å². The summed E-state index contributed by atoms with van der Waals surface area (Å²) in [5.74, 6) is -1.43. The van der Waals surface area contributed by atoms with Gasteiger partial charge in [0, 0.05) is 31.9 Å². The van der Waals surface area contributed by atoms with Crippen molar-refractivity contribution in [2.75, 3.05) is 31.6 Å². The first-order valence-corrected chi connectivity index (χ1v) is 13.1. The first kappa shape index (κ1) is 26.5. The summed E-state index contributed by atoms with van der Waals surface area (Å²) in [5, 5.41) is 13.4. The van der Waals surface area contributed by atoms with Gasteiger partial charge in [-0.25, -0.2) is 4.39 Å². The van der Waals surface area contributed by atoms with Gasteiger partial charge >= 0.3 is 5.97 Å². The number of nitrogens with one attached hydrogen (secondary N) is 1. The summed E-state index contributed by atoms with van der Waals surface area (Å²) in [6.45, 7) is 6.85. The topological polar surface area (TPSA) is 83.9 Å². The molecule has 1 fully saturated rings. The van der Waals surface area contributed by atoms with E-state index in [-0.39, 0.29) is 18.8 Å². The molecule has 3 heterocycles. The van der Waals surface area contributed by atoms with E-state index in [2.05, 4.69) is 17.4 Å². The lowest BCUT2D eigenvalue weighted by atomic mass is 9.99. The minimum atomic E-state index is -0.986. The number of hydrogen-bond acceptors (Lipinski definition) is 6. The highest BCUT2D eigenvalue weighted by atomic mass is 19.1. The smallest absolute Gasteiger partial charge is 0.325 e. The van der Waals surface area contributed by atoms with Crippen molar-refractivity contribution in [3.05, 3.63) is 58.7 Å². The molecule has 0 bridgehead atoms. The van der Waals surface area contributed by atoms with Crippen molar-refractivity contribution in [2.24, 2.45) is 0 Å². The average Bonchev–Trinajstić information content (AvgIpc) is 3.31. The molecule has 1 aromatic carbocycles. The molecule has 0 amide bonds. The van der Waals surface area contributed by atoms with Crippen LogP contribution in [0.15, 0.2) is 30.3 Å². The van der Waals surface area contributed by atoms with Crippen LogP contribution in [-0.2, 0) is 33.7 Å². The fraction of sp³-hybridized carbons (Fsp3) is 0.571. The molecule has 1 saturated heterocycles. The zero-order chi connectivity index (χ0) is 25.5. The molecule has 2 atom stereocenters. The third-order valence-corrected chi connectivity index (χ3v) is 6.87. The number of aliphatic carboxylic acids is 1. The number of pyridine rings is 1. The van der Waals surface area contributed by atoms with E-state index < -0.39 is 17.8 Å². The van der Waals surface area contributed by atoms with Gasteiger partial charge in [-0.15, -0.1) is 0 Å². The van der Waals surface area contributed by atoms with Gasteiger partial charge in [-0.1, -0.05) is 6.07 Å². The van der Waals surface area contributed by atoms with Crippen LogP contribution in [0.1, 0.15) is 68.1 Å². The lowest BCUT2D eigenvalue weighted by Gasteiger charge is -2.26. The van der Waals surface area contributed by atoms with Crippen molar-refractivity contribution in [1.29, 1.82) is 0 Å². The van der Waals surface area contributed by atoms with E-state index in [1.165, 1.54) is 17.8 Å². The summed E-state index contributed by atoms with van der Waals surface area (Å²) in [6, 6.07) is 7.63. The molecule has 0 radical (unpaired) electrons. The second-order valence-corrected chi connectivity index (χ2v) is 10.0. The second-order valence-electron chi connectivity index (χ2n) is 10.0. The minimum absolute atomic E-state index is 0.00390. The van der Waals surface area contributed by atoms with E-state index in [1.54, 1.807) is 6.07 Å². The predicted molar refractivity (Wildman–Crippen MR) is 137 cm³/mol. The number of carboxylic acids is 1. The highest BCUT2D eigenvalue weighted by molar-refractivity contribution is 5.76. The van der Waals surface area contributed by atoms with Crippen molar-refractivity contribution >= 4 is 11.7 Å². The van der Waals surface area contributed by atoms with Gasteiger partial charge in [-0.3, -0.25) is 14.7 Å². The Labute approximate surface area is 213 Å². The summed E-state index contributed by atoms with van der Waals surface area (Å²) < 4.78 is 25.9. The summed E-state index contributed by atoms with van der Waals surface area (Å²) in [6.07, 6.45) is 5.75. The molecule has 7 nitrogen and oxygen atoms in total. The fourth-order valence-electron chi connectivity index (χ4n) is 4.99. The molecule has 2 aromatic rings. The highest BCUT2D eigenvalue weighted by Crippen LogP contribution is 2.30. The molecule has 8 heteroatoms. The number of hydrogen-bond donors (Lipinski definition) is 2. The average molecular weight is 500 g/mol. The molecular weight excluding hydrogens is 461 g/mol. The van der Waals surface area contributed by atoms with Gasteiger partial charge in [0.1, 0.15) is 11.9 Å². The Balaban J connectivity index is 1.27. The van der Waals surface area contributed by atoms with Gasteiger partial charge in [0.15, 0.2) is 0 Å². The third-order valence-electron chi connectivity index (χ3n) is 6.87. The summed E-state index contributed by atoms with van der Waals surface area (Å²) in [4.78, 5) is 18.9. The van der Waals surface area contributed by atoms with Gasteiger partial charge in [0.25, 0.3) is 0 Å². The summed E-state index contributed by atoms with van der Waals surface area (Å²) in [7, 11) is 0. The Morgan fingerprint density at radius 3 is 2.94 bits per heavy atom. The number of carboxylic acid groups (broad SMARTS) is 1. The van der Waals surface area contributed by atoms with Gasteiger partial charge in [-0.2, -0.15) is 0 Å². The number of fused-ring (bicyclic) bond motifs is 1. The Hall–Kier alpha value is -2.55. The molecule has 2 N–H and O–H groups in total. The number of halogens is 1. The number of aromatic nitrogens is 1. The van der Waals surface area contributed by atoms with Crippen LogP contribution in [0, 0.1) is 5.82 Å². The third kappa shape index (κ3) is 7.02. The second kappa shape index (κ2) is 12.6. The van der Waals surface area contributed by atoms with E-state index >= 15 is 0 Å². The quantitative estimate of drug-likeness (QED) is 0.408. The van der Waals surface area contributed by atoms with Crippen molar-refractivity contribution in [3.63, 3.8) is 0 Å². The SMILES string of the molecule is CC(C)OCc1ccc(F)cc1C(C(=O)O)N1CC[C@@H](OCCCCc2ccc3c(n2)CCCN3)C1. The molecule has 36 heavy (non-hydrogen) atoms. The molecule has 2 aliphatic heterocycles. The van der Waals surface area contributed by atoms with Crippen LogP contribution in [0.5, 0.6) is 0 Å². The Kier molecular flexibility index (Phi) is 9.29. The number of anilines is 1. The monoisotopic (exact) mass is 499 g/mol. The normalized spacial score (nSPS) is 18.7. The molecule has 0 saturated carbocycles. The number of likely N-dealkylation sites (tertiary alicyclic amines) is 1. The number of benzene rings is 1. The number of unbranched alkanes of at least 4 members (excludes halogenated alkanes) is 1. The standard InChI is InChI=1S/C28H38FN3O4/c1-19(2)36-18-20-8-9-21(29)16-24(20)27(28(33)34)32-14-12-23(17-32)35-15-4-3-6-22-10-11-25-26(31-22)7-5-13-30-25/h8-11,16,19,23,27,30H,3-7,12-15,17-18H2,1-2H3,(H,33,34)/t23-,27?/m1/s1. The van der Waals surface area contributed by atoms with Crippen molar-refractivity contribution < 1.29 is 23.8 Å². The van der Waals surface area contributed by atoms with Crippen molar-refractivity contribution in [3.8, 4) is 0 Å². The maximum Gasteiger partial charge on any atom is 0.325 e. The van der Waals surface area contributed by atoms with E-state index in [0.29, 0.717) is 30.8 Å². The van der Waals surface area contributed by atoms with E-state index in [0.717, 1.165) is 56.5 Å². The maximum absolute atomic E-state index is 14.1. The van der Waals surface area contributed by atoms with Gasteiger partial charge in [0.2, 0.25) is 0 Å². The first-order valence-electron chi connectivity index (χ1n) is 13.1. The maximum atomic E-state index is 14.1. The zero-order valence-corrected chi connectivity index (χ0v) is 21.3. The fourth-order valence-corrected chi connectivity index (χ4v) is 4.99. The summed E-state index contributed by atoms with van der Waals surface area (Å²) in [5.41, 5.74) is 4.62. The van der Waals surface area contributed by atoms with Crippen LogP contribution in [0.3, 0.4) is 0 Å². The lowest BCUT2D eigenvalue weighted by molar-refractivity contribution is -0.143. The molecule has 0 aliphatic carbocycles. The zero-order valence-electron chi connectivity index (χ0n) is 21.3. The van der Waals surface area contributed by atoms with Crippen LogP contribution in [0.2, 0.25) is 0 Å². The van der Waals surface area contributed by atoms with Gasteiger partial charge in [0.05, 0.1) is 30.2 Å². The van der Waals surface area contributed by atoms with Gasteiger partial charge < -0.3 is 19.9 Å².